The van der Waals surface area contributed by atoms with E-state index in [9.17, 15) is 9.18 Å². The van der Waals surface area contributed by atoms with E-state index in [4.69, 9.17) is 0 Å². The molecule has 0 atom stereocenters. The summed E-state index contributed by atoms with van der Waals surface area (Å²) in [6, 6.07) is 3.02. The second-order valence-corrected chi connectivity index (χ2v) is 3.68. The fourth-order valence-electron chi connectivity index (χ4n) is 1.91. The van der Waals surface area contributed by atoms with Crippen LogP contribution in [0.1, 0.15) is 37.3 Å². The smallest absolute Gasteiger partial charge is 0.144 e. The number of carbonyl (C=O) groups is 1. The number of hydrogen-bond acceptors (Lipinski definition) is 2. The van der Waals surface area contributed by atoms with Crippen molar-refractivity contribution in [2.75, 3.05) is 0 Å². The van der Waals surface area contributed by atoms with Gasteiger partial charge in [-0.25, -0.2) is 4.39 Å². The van der Waals surface area contributed by atoms with Gasteiger partial charge in [-0.15, -0.1) is 0 Å². The number of nitrogens with zero attached hydrogens (tertiary/aromatic N) is 1. The summed E-state index contributed by atoms with van der Waals surface area (Å²) in [4.78, 5) is 15.1. The van der Waals surface area contributed by atoms with Crippen LogP contribution in [0, 0.1) is 5.82 Å². The van der Waals surface area contributed by atoms with E-state index < -0.39 is 0 Å². The van der Waals surface area contributed by atoms with E-state index in [1.165, 1.54) is 6.07 Å². The molecule has 0 radical (unpaired) electrons. The molecule has 14 heavy (non-hydrogen) atoms. The van der Waals surface area contributed by atoms with Crippen molar-refractivity contribution in [3.63, 3.8) is 0 Å². The molecule has 0 aliphatic heterocycles. The number of ketones is 1. The molecule has 1 aromatic heterocycles. The zero-order valence-electron chi connectivity index (χ0n) is 7.87. The Bertz CT molecular complexity index is 341. The van der Waals surface area contributed by atoms with Crippen molar-refractivity contribution in [3.8, 4) is 0 Å². The van der Waals surface area contributed by atoms with Crippen LogP contribution < -0.4 is 0 Å². The van der Waals surface area contributed by atoms with Crippen molar-refractivity contribution in [1.29, 1.82) is 0 Å². The standard InChI is InChI=1S/C11H12FNO/c12-10-2-1-7-13-11(10)8-3-5-9(14)6-4-8/h1-2,7-8H,3-6H2. The van der Waals surface area contributed by atoms with Gasteiger partial charge in [0.25, 0.3) is 0 Å². The van der Waals surface area contributed by atoms with E-state index >= 15 is 0 Å². The third kappa shape index (κ3) is 1.81. The van der Waals surface area contributed by atoms with Crippen molar-refractivity contribution in [1.82, 2.24) is 4.98 Å². The average Bonchev–Trinajstić information content (AvgIpc) is 2.20. The van der Waals surface area contributed by atoms with Crippen LogP contribution in [-0.2, 0) is 4.79 Å². The van der Waals surface area contributed by atoms with E-state index in [-0.39, 0.29) is 17.5 Å². The topological polar surface area (TPSA) is 30.0 Å². The van der Waals surface area contributed by atoms with Crippen LogP contribution in [0.3, 0.4) is 0 Å². The van der Waals surface area contributed by atoms with E-state index in [1.807, 2.05) is 0 Å². The summed E-state index contributed by atoms with van der Waals surface area (Å²) < 4.78 is 13.3. The SMILES string of the molecule is O=C1CCC(c2ncccc2F)CC1. The molecule has 0 amide bonds. The maximum absolute atomic E-state index is 13.3. The highest BCUT2D eigenvalue weighted by Gasteiger charge is 2.23. The maximum atomic E-state index is 13.3. The monoisotopic (exact) mass is 193 g/mol. The van der Waals surface area contributed by atoms with Gasteiger partial charge in [0, 0.05) is 25.0 Å². The van der Waals surface area contributed by atoms with Crippen molar-refractivity contribution in [2.24, 2.45) is 0 Å². The Morgan fingerprint density at radius 3 is 2.71 bits per heavy atom. The van der Waals surface area contributed by atoms with Gasteiger partial charge in [-0.1, -0.05) is 0 Å². The molecule has 0 unspecified atom stereocenters. The molecule has 74 valence electrons. The van der Waals surface area contributed by atoms with E-state index in [0.717, 1.165) is 12.8 Å². The molecule has 1 heterocycles. The lowest BCUT2D eigenvalue weighted by Gasteiger charge is -2.20. The zero-order valence-corrected chi connectivity index (χ0v) is 7.87. The number of Topliss-reactive ketones (excluding diaryl/α,β-unsaturated/α-hetero) is 1. The predicted octanol–water partition coefficient (Wildman–Crippen LogP) is 2.45. The lowest BCUT2D eigenvalue weighted by molar-refractivity contribution is -0.120. The first kappa shape index (κ1) is 9.31. The van der Waals surface area contributed by atoms with Crippen LogP contribution in [0.2, 0.25) is 0 Å². The third-order valence-electron chi connectivity index (χ3n) is 2.72. The van der Waals surface area contributed by atoms with Crippen molar-refractivity contribution >= 4 is 5.78 Å². The van der Waals surface area contributed by atoms with Gasteiger partial charge in [0.05, 0.1) is 5.69 Å². The molecule has 1 aliphatic rings. The second-order valence-electron chi connectivity index (χ2n) is 3.68. The molecular formula is C11H12FNO. The van der Waals surface area contributed by atoms with Crippen LogP contribution in [0.15, 0.2) is 18.3 Å². The molecule has 1 saturated carbocycles. The summed E-state index contributed by atoms with van der Waals surface area (Å²) in [7, 11) is 0. The molecule has 0 saturated heterocycles. The normalized spacial score (nSPS) is 18.5. The molecule has 2 nitrogen and oxygen atoms in total. The van der Waals surface area contributed by atoms with Gasteiger partial charge in [0.2, 0.25) is 0 Å². The first-order valence-electron chi connectivity index (χ1n) is 4.89. The minimum absolute atomic E-state index is 0.133. The largest absolute Gasteiger partial charge is 0.300 e. The summed E-state index contributed by atoms with van der Waals surface area (Å²) >= 11 is 0. The molecule has 2 rings (SSSR count). The number of carbonyl (C=O) groups excluding carboxylic acids is 1. The molecule has 0 N–H and O–H groups in total. The van der Waals surface area contributed by atoms with Crippen molar-refractivity contribution < 1.29 is 9.18 Å². The highest BCUT2D eigenvalue weighted by atomic mass is 19.1. The second kappa shape index (κ2) is 3.86. The summed E-state index contributed by atoms with van der Waals surface area (Å²) in [6.45, 7) is 0. The molecule has 0 aromatic carbocycles. The molecule has 1 aromatic rings. The average molecular weight is 193 g/mol. The van der Waals surface area contributed by atoms with Crippen molar-refractivity contribution in [3.05, 3.63) is 29.8 Å². The Kier molecular flexibility index (Phi) is 2.57. The number of rotatable bonds is 1. The Morgan fingerprint density at radius 1 is 1.36 bits per heavy atom. The summed E-state index contributed by atoms with van der Waals surface area (Å²) in [5.41, 5.74) is 0.528. The quantitative estimate of drug-likeness (QED) is 0.685. The van der Waals surface area contributed by atoms with Gasteiger partial charge in [0.15, 0.2) is 0 Å². The fraction of sp³-hybridized carbons (Fsp3) is 0.455. The minimum Gasteiger partial charge on any atom is -0.300 e. The Hall–Kier alpha value is -1.25. The number of halogens is 1. The molecule has 1 fully saturated rings. The highest BCUT2D eigenvalue weighted by molar-refractivity contribution is 5.79. The lowest BCUT2D eigenvalue weighted by Crippen LogP contribution is -2.14. The Morgan fingerprint density at radius 2 is 2.07 bits per heavy atom. The van der Waals surface area contributed by atoms with E-state index in [1.54, 1.807) is 12.3 Å². The number of aromatic nitrogens is 1. The van der Waals surface area contributed by atoms with Crippen LogP contribution in [0.25, 0.3) is 0 Å². The fourth-order valence-corrected chi connectivity index (χ4v) is 1.91. The van der Waals surface area contributed by atoms with Gasteiger partial charge in [-0.05, 0) is 25.0 Å². The lowest BCUT2D eigenvalue weighted by atomic mass is 9.86. The van der Waals surface area contributed by atoms with Gasteiger partial charge >= 0.3 is 0 Å². The summed E-state index contributed by atoms with van der Waals surface area (Å²) in [5.74, 6) is 0.179. The van der Waals surface area contributed by atoms with Crippen LogP contribution in [0.5, 0.6) is 0 Å². The summed E-state index contributed by atoms with van der Waals surface area (Å²) in [6.07, 6.45) is 4.23. The highest BCUT2D eigenvalue weighted by Crippen LogP contribution is 2.30. The Labute approximate surface area is 82.2 Å². The van der Waals surface area contributed by atoms with Gasteiger partial charge in [-0.2, -0.15) is 0 Å². The third-order valence-corrected chi connectivity index (χ3v) is 2.72. The van der Waals surface area contributed by atoms with Crippen molar-refractivity contribution in [2.45, 2.75) is 31.6 Å². The molecular weight excluding hydrogens is 181 g/mol. The molecule has 0 bridgehead atoms. The Balaban J connectivity index is 2.16. The minimum atomic E-state index is -0.244. The molecule has 3 heteroatoms. The van der Waals surface area contributed by atoms with E-state index in [2.05, 4.69) is 4.98 Å². The predicted molar refractivity (Wildman–Crippen MR) is 50.4 cm³/mol. The van der Waals surface area contributed by atoms with Gasteiger partial charge in [0.1, 0.15) is 11.6 Å². The molecule has 1 aliphatic carbocycles. The molecule has 0 spiro atoms. The van der Waals surface area contributed by atoms with Gasteiger partial charge < -0.3 is 0 Å². The van der Waals surface area contributed by atoms with Gasteiger partial charge in [-0.3, -0.25) is 9.78 Å². The van der Waals surface area contributed by atoms with Crippen LogP contribution >= 0.6 is 0 Å². The summed E-state index contributed by atoms with van der Waals surface area (Å²) in [5, 5.41) is 0. The zero-order chi connectivity index (χ0) is 9.97. The van der Waals surface area contributed by atoms with Crippen LogP contribution in [-0.4, -0.2) is 10.8 Å². The van der Waals surface area contributed by atoms with Crippen LogP contribution in [0.4, 0.5) is 4.39 Å². The maximum Gasteiger partial charge on any atom is 0.144 e. The first-order valence-corrected chi connectivity index (χ1v) is 4.89. The first-order chi connectivity index (χ1) is 6.77. The number of hydrogen-bond donors (Lipinski definition) is 0. The van der Waals surface area contributed by atoms with E-state index in [0.29, 0.717) is 18.5 Å². The number of pyridine rings is 1.